The van der Waals surface area contributed by atoms with Gasteiger partial charge in [-0.3, -0.25) is 9.00 Å². The van der Waals surface area contributed by atoms with Gasteiger partial charge >= 0.3 is 38.7 Å². The summed E-state index contributed by atoms with van der Waals surface area (Å²) in [6.45, 7) is 2.01. The molecule has 0 aromatic heterocycles. The molecule has 6 heteroatoms. The quantitative estimate of drug-likeness (QED) is 0.461. The van der Waals surface area contributed by atoms with Gasteiger partial charge in [0.15, 0.2) is 0 Å². The molecule has 0 heterocycles. The maximum atomic E-state index is 12.7. The Labute approximate surface area is 188 Å². The van der Waals surface area contributed by atoms with Crippen molar-refractivity contribution in [1.29, 1.82) is 0 Å². The maximum Gasteiger partial charge on any atom is 3.00 e. The Morgan fingerprint density at radius 1 is 1.12 bits per heavy atom. The Morgan fingerprint density at radius 3 is 2.15 bits per heavy atom. The summed E-state index contributed by atoms with van der Waals surface area (Å²) in [4.78, 5) is 12.7. The first kappa shape index (κ1) is 23.6. The topological polar surface area (TPSA) is 43.4 Å². The maximum absolute atomic E-state index is 12.7. The largest absolute Gasteiger partial charge is 3.00 e. The number of hydrogen-bond donors (Lipinski definition) is 0. The molecule has 134 valence electrons. The number of thioether (sulfide) groups is 1. The number of aryl methyl sites for hydroxylation is 1. The number of hydrogen-bond acceptors (Lipinski definition) is 4. The summed E-state index contributed by atoms with van der Waals surface area (Å²) in [6.07, 6.45) is 3.62. The van der Waals surface area contributed by atoms with E-state index in [1.807, 2.05) is 61.7 Å². The molecule has 0 saturated heterocycles. The molecular weight excluding hydrogens is 441 g/mol. The Balaban J connectivity index is 0.00000338. The number of methoxy groups -OCH3 is 1. The monoisotopic (exact) mass is 464 g/mol. The van der Waals surface area contributed by atoms with Crippen molar-refractivity contribution in [3.63, 3.8) is 0 Å². The summed E-state index contributed by atoms with van der Waals surface area (Å²) in [7, 11) is 0.293. The minimum atomic E-state index is -1.11. The van der Waals surface area contributed by atoms with E-state index < -0.39 is 16.7 Å². The van der Waals surface area contributed by atoms with Crippen LogP contribution in [0.15, 0.2) is 48.5 Å². The second-order valence-corrected chi connectivity index (χ2v) is 8.66. The molecule has 0 N–H and O–H groups in total. The molecule has 0 fully saturated rings. The normalized spacial score (nSPS) is 15.2. The van der Waals surface area contributed by atoms with Crippen LogP contribution in [0.25, 0.3) is 0 Å². The summed E-state index contributed by atoms with van der Waals surface area (Å²) < 4.78 is 17.3. The second-order valence-electron chi connectivity index (χ2n) is 5.87. The molecule has 26 heavy (non-hydrogen) atoms. The van der Waals surface area contributed by atoms with E-state index in [1.165, 1.54) is 18.9 Å². The smallest absolute Gasteiger partial charge is 0.469 e. The van der Waals surface area contributed by atoms with Gasteiger partial charge in [-0.15, -0.1) is 11.8 Å². The third kappa shape index (κ3) is 5.75. The van der Waals surface area contributed by atoms with E-state index >= 15 is 0 Å². The standard InChI is InChI=1S/C20H23O3S2.Y/c1-14-10-12-16(13-11-14)17(19(21)23-2)18(20(24-3)25(4)22)15-8-6-5-7-9-15;/h6-13,17-18,20H,1-4H3;/q-1;+3. The van der Waals surface area contributed by atoms with Crippen LogP contribution in [0.3, 0.4) is 0 Å². The molecule has 4 unspecified atom stereocenters. The number of rotatable bonds is 7. The molecule has 2 rings (SSSR count). The van der Waals surface area contributed by atoms with Crippen LogP contribution in [-0.2, 0) is 53.0 Å². The predicted molar refractivity (Wildman–Crippen MR) is 105 cm³/mol. The number of benzene rings is 2. The Bertz CT molecular complexity index is 720. The number of carbonyl (C=O) groups is 1. The second kappa shape index (κ2) is 11.4. The third-order valence-corrected chi connectivity index (χ3v) is 7.33. The Kier molecular flexibility index (Phi) is 10.3. The SMILES string of the molecule is COC(=O)C(c1ccc(C)cc1)C(c1cc[c-]cc1)C(SC)S(C)=O.[Y+3]. The molecule has 0 saturated carbocycles. The van der Waals surface area contributed by atoms with Gasteiger partial charge < -0.3 is 4.74 Å². The Hall–Kier alpha value is -0.486. The minimum Gasteiger partial charge on any atom is -0.469 e. The van der Waals surface area contributed by atoms with Gasteiger partial charge in [0, 0.05) is 23.0 Å². The van der Waals surface area contributed by atoms with Gasteiger partial charge in [0.25, 0.3) is 0 Å². The molecule has 2 aromatic carbocycles. The van der Waals surface area contributed by atoms with Crippen molar-refractivity contribution in [2.24, 2.45) is 0 Å². The molecule has 0 bridgehead atoms. The van der Waals surface area contributed by atoms with Gasteiger partial charge in [-0.1, -0.05) is 29.8 Å². The van der Waals surface area contributed by atoms with Crippen molar-refractivity contribution >= 4 is 28.5 Å². The first-order valence-corrected chi connectivity index (χ1v) is 10.9. The van der Waals surface area contributed by atoms with Crippen LogP contribution in [0.4, 0.5) is 0 Å². The van der Waals surface area contributed by atoms with Gasteiger partial charge in [-0.25, -0.2) is 0 Å². The zero-order valence-corrected chi connectivity index (χ0v) is 19.9. The summed E-state index contributed by atoms with van der Waals surface area (Å²) in [5, 5.41) is 0. The fourth-order valence-electron chi connectivity index (χ4n) is 3.01. The molecule has 0 radical (unpaired) electrons. The van der Waals surface area contributed by atoms with Gasteiger partial charge in [-0.2, -0.15) is 35.9 Å². The van der Waals surface area contributed by atoms with Crippen LogP contribution < -0.4 is 0 Å². The third-order valence-electron chi connectivity index (χ3n) is 4.23. The summed E-state index contributed by atoms with van der Waals surface area (Å²) in [6, 6.07) is 18.4. The van der Waals surface area contributed by atoms with Crippen molar-refractivity contribution in [3.05, 3.63) is 71.3 Å². The molecule has 0 aliphatic carbocycles. The minimum absolute atomic E-state index is 0. The van der Waals surface area contributed by atoms with Gasteiger partial charge in [0.2, 0.25) is 0 Å². The van der Waals surface area contributed by atoms with Crippen molar-refractivity contribution in [1.82, 2.24) is 0 Å². The molecule has 4 atom stereocenters. The van der Waals surface area contributed by atoms with Crippen molar-refractivity contribution in [2.75, 3.05) is 19.6 Å². The van der Waals surface area contributed by atoms with Crippen molar-refractivity contribution in [3.8, 4) is 0 Å². The van der Waals surface area contributed by atoms with Crippen LogP contribution >= 0.6 is 11.8 Å². The molecule has 2 aromatic rings. The van der Waals surface area contributed by atoms with E-state index in [9.17, 15) is 9.00 Å². The van der Waals surface area contributed by atoms with Crippen LogP contribution in [0, 0.1) is 13.0 Å². The van der Waals surface area contributed by atoms with E-state index in [4.69, 9.17) is 4.74 Å². The molecule has 3 nitrogen and oxygen atoms in total. The van der Waals surface area contributed by atoms with E-state index in [-0.39, 0.29) is 49.2 Å². The summed E-state index contributed by atoms with van der Waals surface area (Å²) >= 11 is 1.52. The van der Waals surface area contributed by atoms with E-state index in [0.29, 0.717) is 0 Å². The van der Waals surface area contributed by atoms with Crippen molar-refractivity contribution in [2.45, 2.75) is 23.3 Å². The van der Waals surface area contributed by atoms with Crippen LogP contribution in [0.2, 0.25) is 0 Å². The molecule has 0 spiro atoms. The first-order valence-electron chi connectivity index (χ1n) is 7.95. The van der Waals surface area contributed by atoms with Gasteiger partial charge in [0.05, 0.1) is 17.6 Å². The van der Waals surface area contributed by atoms with E-state index in [2.05, 4.69) is 6.07 Å². The van der Waals surface area contributed by atoms with E-state index in [0.717, 1.165) is 16.7 Å². The summed E-state index contributed by atoms with van der Waals surface area (Å²) in [5.41, 5.74) is 2.96. The average Bonchev–Trinajstić information content (AvgIpc) is 2.63. The zero-order chi connectivity index (χ0) is 18.4. The number of carbonyl (C=O) groups excluding carboxylic acids is 1. The molecule has 0 amide bonds. The zero-order valence-electron chi connectivity index (χ0n) is 15.5. The van der Waals surface area contributed by atoms with Crippen molar-refractivity contribution < 1.29 is 46.4 Å². The Morgan fingerprint density at radius 2 is 1.69 bits per heavy atom. The molecule has 0 aliphatic heterocycles. The number of esters is 1. The van der Waals surface area contributed by atoms with Crippen LogP contribution in [-0.4, -0.2) is 34.4 Å². The summed E-state index contributed by atoms with van der Waals surface area (Å²) in [5.74, 6) is -1.09. The van der Waals surface area contributed by atoms with Crippen LogP contribution in [0.1, 0.15) is 28.5 Å². The number of ether oxygens (including phenoxy) is 1. The predicted octanol–water partition coefficient (Wildman–Crippen LogP) is 3.90. The first-order chi connectivity index (χ1) is 12.0. The van der Waals surface area contributed by atoms with Gasteiger partial charge in [0.1, 0.15) is 0 Å². The fraction of sp³-hybridized carbons (Fsp3) is 0.350. The van der Waals surface area contributed by atoms with E-state index in [1.54, 1.807) is 6.26 Å². The average molecular weight is 464 g/mol. The molecular formula is C20H23O3S2Y+2. The molecule has 0 aliphatic rings. The fourth-order valence-corrected chi connectivity index (χ4v) is 5.43. The van der Waals surface area contributed by atoms with Gasteiger partial charge in [-0.05, 0) is 18.7 Å². The van der Waals surface area contributed by atoms with Crippen LogP contribution in [0.5, 0.6) is 0 Å².